The van der Waals surface area contributed by atoms with E-state index in [4.69, 9.17) is 4.52 Å². The molecule has 2 atom stereocenters. The van der Waals surface area contributed by atoms with Gasteiger partial charge in [-0.2, -0.15) is 4.98 Å². The number of carbonyl (C=O) groups excluding carboxylic acids is 1. The van der Waals surface area contributed by atoms with Crippen LogP contribution < -0.4 is 10.6 Å². The van der Waals surface area contributed by atoms with E-state index in [1.54, 1.807) is 0 Å². The fraction of sp³-hybridized carbons (Fsp3) is 0.591. The molecule has 0 radical (unpaired) electrons. The van der Waals surface area contributed by atoms with Crippen LogP contribution in [0.25, 0.3) is 0 Å². The number of hydrogen-bond donors (Lipinski definition) is 2. The van der Waals surface area contributed by atoms with Crippen molar-refractivity contribution < 1.29 is 9.32 Å². The third-order valence-electron chi connectivity index (χ3n) is 6.02. The van der Waals surface area contributed by atoms with E-state index >= 15 is 0 Å². The van der Waals surface area contributed by atoms with Crippen molar-refractivity contribution in [2.45, 2.75) is 51.6 Å². The average Bonchev–Trinajstić information content (AvgIpc) is 3.41. The van der Waals surface area contributed by atoms with E-state index in [2.05, 4.69) is 44.7 Å². The Morgan fingerprint density at radius 2 is 2.17 bits per heavy atom. The summed E-state index contributed by atoms with van der Waals surface area (Å²) in [6.07, 6.45) is 5.01. The second kappa shape index (κ2) is 10.9. The largest absolute Gasteiger partial charge is 0.354 e. The summed E-state index contributed by atoms with van der Waals surface area (Å²) < 4.78 is 5.50. The molecule has 30 heavy (non-hydrogen) atoms. The van der Waals surface area contributed by atoms with Crippen LogP contribution in [0.5, 0.6) is 0 Å². The Hall–Kier alpha value is -1.96. The van der Waals surface area contributed by atoms with Crippen molar-refractivity contribution in [1.82, 2.24) is 25.7 Å². The van der Waals surface area contributed by atoms with Gasteiger partial charge < -0.3 is 15.2 Å². The lowest BCUT2D eigenvalue weighted by atomic mass is 9.98. The first kappa shape index (κ1) is 22.7. The smallest absolute Gasteiger partial charge is 0.240 e. The maximum Gasteiger partial charge on any atom is 0.240 e. The molecule has 3 heterocycles. The van der Waals surface area contributed by atoms with E-state index in [0.717, 1.165) is 57.7 Å². The molecule has 2 aliphatic heterocycles. The summed E-state index contributed by atoms with van der Waals surface area (Å²) in [5, 5.41) is 10.6. The van der Waals surface area contributed by atoms with Gasteiger partial charge in [0.15, 0.2) is 5.82 Å². The number of likely N-dealkylation sites (tertiary alicyclic amines) is 1. The van der Waals surface area contributed by atoms with Crippen molar-refractivity contribution in [1.29, 1.82) is 0 Å². The fourth-order valence-electron chi connectivity index (χ4n) is 4.33. The van der Waals surface area contributed by atoms with Crippen LogP contribution in [-0.4, -0.2) is 53.2 Å². The third-order valence-corrected chi connectivity index (χ3v) is 6.02. The molecule has 1 amide bonds. The predicted octanol–water partition coefficient (Wildman–Crippen LogP) is 2.47. The normalized spacial score (nSPS) is 21.9. The van der Waals surface area contributed by atoms with E-state index in [-0.39, 0.29) is 24.4 Å². The van der Waals surface area contributed by atoms with Gasteiger partial charge in [0.25, 0.3) is 0 Å². The van der Waals surface area contributed by atoms with E-state index in [9.17, 15) is 4.79 Å². The zero-order valence-electron chi connectivity index (χ0n) is 17.6. The molecule has 164 valence electrons. The van der Waals surface area contributed by atoms with Crippen molar-refractivity contribution in [3.05, 3.63) is 47.1 Å². The van der Waals surface area contributed by atoms with Crippen LogP contribution in [0.4, 0.5) is 0 Å². The SMILES string of the molecule is Cc1ccccc1Cc1noc(CN2CCCC(CNC(=O)C3CCCN3)C2)n1.Cl. The predicted molar refractivity (Wildman–Crippen MR) is 118 cm³/mol. The second-order valence-corrected chi connectivity index (χ2v) is 8.35. The van der Waals surface area contributed by atoms with Gasteiger partial charge in [0.1, 0.15) is 0 Å². The topological polar surface area (TPSA) is 83.3 Å². The van der Waals surface area contributed by atoms with Gasteiger partial charge in [-0.05, 0) is 62.7 Å². The van der Waals surface area contributed by atoms with Crippen LogP contribution in [0.1, 0.15) is 48.5 Å². The zero-order chi connectivity index (χ0) is 20.1. The number of amides is 1. The summed E-state index contributed by atoms with van der Waals surface area (Å²) in [5.74, 6) is 2.04. The number of halogens is 1. The number of carbonyl (C=O) groups is 1. The number of rotatable bonds is 7. The Bertz CT molecular complexity index is 821. The first-order chi connectivity index (χ1) is 14.2. The molecule has 0 aliphatic carbocycles. The Labute approximate surface area is 184 Å². The Kier molecular flexibility index (Phi) is 8.24. The molecule has 8 heteroatoms. The summed E-state index contributed by atoms with van der Waals surface area (Å²) in [6.45, 7) is 6.46. The minimum absolute atomic E-state index is 0. The van der Waals surface area contributed by atoms with Gasteiger partial charge in [-0.15, -0.1) is 12.4 Å². The molecular formula is C22H32ClN5O2. The van der Waals surface area contributed by atoms with Crippen LogP contribution in [0, 0.1) is 12.8 Å². The van der Waals surface area contributed by atoms with Crippen molar-refractivity contribution in [3.63, 3.8) is 0 Å². The monoisotopic (exact) mass is 433 g/mol. The molecule has 2 N–H and O–H groups in total. The fourth-order valence-corrected chi connectivity index (χ4v) is 4.33. The van der Waals surface area contributed by atoms with Crippen LogP contribution in [0.3, 0.4) is 0 Å². The van der Waals surface area contributed by atoms with Gasteiger partial charge in [-0.25, -0.2) is 0 Å². The van der Waals surface area contributed by atoms with E-state index < -0.39 is 0 Å². The number of nitrogens with zero attached hydrogens (tertiary/aromatic N) is 3. The zero-order valence-corrected chi connectivity index (χ0v) is 18.4. The van der Waals surface area contributed by atoms with Gasteiger partial charge in [-0.1, -0.05) is 29.4 Å². The van der Waals surface area contributed by atoms with E-state index in [0.29, 0.717) is 24.8 Å². The molecule has 2 saturated heterocycles. The van der Waals surface area contributed by atoms with Gasteiger partial charge in [-0.3, -0.25) is 9.69 Å². The average molecular weight is 434 g/mol. The summed E-state index contributed by atoms with van der Waals surface area (Å²) in [4.78, 5) is 19.2. The minimum atomic E-state index is -0.000223. The standard InChI is InChI=1S/C22H31N5O2.ClH/c1-16-6-2-3-8-18(16)12-20-25-21(29-26-20)15-27-11-5-7-17(14-27)13-24-22(28)19-9-4-10-23-19;/h2-3,6,8,17,19,23H,4-5,7,9-15H2,1H3,(H,24,28);1H. The van der Waals surface area contributed by atoms with Crippen molar-refractivity contribution >= 4 is 18.3 Å². The third kappa shape index (κ3) is 6.03. The Balaban J connectivity index is 0.00000256. The number of hydrogen-bond acceptors (Lipinski definition) is 6. The maximum atomic E-state index is 12.2. The highest BCUT2D eigenvalue weighted by molar-refractivity contribution is 5.85. The molecular weight excluding hydrogens is 402 g/mol. The lowest BCUT2D eigenvalue weighted by molar-refractivity contribution is -0.123. The van der Waals surface area contributed by atoms with Gasteiger partial charge >= 0.3 is 0 Å². The summed E-state index contributed by atoms with van der Waals surface area (Å²) in [5.41, 5.74) is 2.47. The molecule has 2 unspecified atom stereocenters. The van der Waals surface area contributed by atoms with Crippen molar-refractivity contribution in [2.24, 2.45) is 5.92 Å². The Morgan fingerprint density at radius 1 is 1.30 bits per heavy atom. The minimum Gasteiger partial charge on any atom is -0.354 e. The maximum absolute atomic E-state index is 12.2. The quantitative estimate of drug-likeness (QED) is 0.697. The molecule has 0 saturated carbocycles. The van der Waals surface area contributed by atoms with Crippen LogP contribution in [-0.2, 0) is 17.8 Å². The first-order valence-electron chi connectivity index (χ1n) is 10.8. The second-order valence-electron chi connectivity index (χ2n) is 8.35. The summed E-state index contributed by atoms with van der Waals surface area (Å²) in [7, 11) is 0. The highest BCUT2D eigenvalue weighted by Crippen LogP contribution is 2.18. The first-order valence-corrected chi connectivity index (χ1v) is 10.8. The van der Waals surface area contributed by atoms with Crippen LogP contribution in [0.2, 0.25) is 0 Å². The van der Waals surface area contributed by atoms with Crippen molar-refractivity contribution in [2.75, 3.05) is 26.2 Å². The molecule has 2 aromatic rings. The molecule has 0 bridgehead atoms. The lowest BCUT2D eigenvalue weighted by Gasteiger charge is -2.32. The molecule has 0 spiro atoms. The molecule has 7 nitrogen and oxygen atoms in total. The number of nitrogens with one attached hydrogen (secondary N) is 2. The molecule has 2 fully saturated rings. The van der Waals surface area contributed by atoms with Gasteiger partial charge in [0.2, 0.25) is 11.8 Å². The number of aromatic nitrogens is 2. The van der Waals surface area contributed by atoms with E-state index in [1.165, 1.54) is 11.1 Å². The van der Waals surface area contributed by atoms with Crippen molar-refractivity contribution in [3.8, 4) is 0 Å². The Morgan fingerprint density at radius 3 is 2.97 bits per heavy atom. The summed E-state index contributed by atoms with van der Waals surface area (Å²) >= 11 is 0. The molecule has 1 aromatic carbocycles. The van der Waals surface area contributed by atoms with E-state index in [1.807, 2.05) is 12.1 Å². The number of piperidine rings is 1. The highest BCUT2D eigenvalue weighted by Gasteiger charge is 2.25. The van der Waals surface area contributed by atoms with Gasteiger partial charge in [0.05, 0.1) is 12.6 Å². The van der Waals surface area contributed by atoms with Crippen LogP contribution >= 0.6 is 12.4 Å². The summed E-state index contributed by atoms with van der Waals surface area (Å²) in [6, 6.07) is 8.29. The highest BCUT2D eigenvalue weighted by atomic mass is 35.5. The number of benzene rings is 1. The van der Waals surface area contributed by atoms with Gasteiger partial charge in [0, 0.05) is 19.5 Å². The number of aryl methyl sites for hydroxylation is 1. The lowest BCUT2D eigenvalue weighted by Crippen LogP contribution is -2.45. The van der Waals surface area contributed by atoms with Crippen LogP contribution in [0.15, 0.2) is 28.8 Å². The molecule has 1 aromatic heterocycles. The molecule has 2 aliphatic rings. The molecule has 4 rings (SSSR count).